The Hall–Kier alpha value is -2.05. The van der Waals surface area contributed by atoms with Crippen molar-refractivity contribution in [3.63, 3.8) is 0 Å². The third kappa shape index (κ3) is 2.27. The van der Waals surface area contributed by atoms with E-state index < -0.39 is 40.9 Å². The number of carbonyl (C=O) groups excluding carboxylic acids is 1. The van der Waals surface area contributed by atoms with Crippen LogP contribution in [-0.4, -0.2) is 34.5 Å². The number of halogens is 3. The third-order valence-corrected chi connectivity index (χ3v) is 3.06. The quantitative estimate of drug-likeness (QED) is 0.836. The Morgan fingerprint density at radius 1 is 1.21 bits per heavy atom. The second-order valence-electron chi connectivity index (χ2n) is 4.22. The highest BCUT2D eigenvalue weighted by atomic mass is 19.2. The number of nitrogens with zero attached hydrogens (tertiary/aromatic N) is 1. The van der Waals surface area contributed by atoms with Crippen molar-refractivity contribution in [1.82, 2.24) is 4.90 Å². The molecule has 1 atom stereocenters. The van der Waals surface area contributed by atoms with Gasteiger partial charge >= 0.3 is 5.97 Å². The van der Waals surface area contributed by atoms with Gasteiger partial charge in [0.2, 0.25) is 0 Å². The summed E-state index contributed by atoms with van der Waals surface area (Å²) in [6.45, 7) is 0.147. The Bertz CT molecular complexity index is 547. The Labute approximate surface area is 106 Å². The lowest BCUT2D eigenvalue weighted by atomic mass is 10.1. The standard InChI is InChI=1S/C12H10F3NO3/c13-7-4-3-6(9(14)10(7)15)11(17)16-5-1-2-8(16)12(18)19/h3-4,8H,1-2,5H2,(H,18,19)/t8-/m0/s1. The van der Waals surface area contributed by atoms with E-state index in [4.69, 9.17) is 5.11 Å². The predicted molar refractivity (Wildman–Crippen MR) is 58.0 cm³/mol. The zero-order chi connectivity index (χ0) is 14.2. The largest absolute Gasteiger partial charge is 0.480 e. The van der Waals surface area contributed by atoms with E-state index in [-0.39, 0.29) is 13.0 Å². The van der Waals surface area contributed by atoms with E-state index in [1.54, 1.807) is 0 Å². The average Bonchev–Trinajstić information content (AvgIpc) is 2.84. The monoisotopic (exact) mass is 273 g/mol. The summed E-state index contributed by atoms with van der Waals surface area (Å²) in [5, 5.41) is 8.93. The van der Waals surface area contributed by atoms with Gasteiger partial charge in [-0.3, -0.25) is 4.79 Å². The molecule has 1 amide bonds. The molecule has 0 unspecified atom stereocenters. The average molecular weight is 273 g/mol. The molecule has 1 aliphatic heterocycles. The molecule has 1 fully saturated rings. The van der Waals surface area contributed by atoms with Crippen molar-refractivity contribution in [1.29, 1.82) is 0 Å². The fourth-order valence-corrected chi connectivity index (χ4v) is 2.11. The van der Waals surface area contributed by atoms with Crippen molar-refractivity contribution >= 4 is 11.9 Å². The van der Waals surface area contributed by atoms with Gasteiger partial charge in [0.05, 0.1) is 5.56 Å². The molecule has 0 radical (unpaired) electrons. The number of likely N-dealkylation sites (tertiary alicyclic amines) is 1. The summed E-state index contributed by atoms with van der Waals surface area (Å²) >= 11 is 0. The number of aliphatic carboxylic acids is 1. The first-order valence-corrected chi connectivity index (χ1v) is 5.60. The van der Waals surface area contributed by atoms with E-state index >= 15 is 0 Å². The maximum Gasteiger partial charge on any atom is 0.326 e. The van der Waals surface area contributed by atoms with Crippen molar-refractivity contribution < 1.29 is 27.9 Å². The lowest BCUT2D eigenvalue weighted by molar-refractivity contribution is -0.141. The van der Waals surface area contributed by atoms with Crippen LogP contribution < -0.4 is 0 Å². The minimum atomic E-state index is -1.74. The predicted octanol–water partition coefficient (Wildman–Crippen LogP) is 1.79. The van der Waals surface area contributed by atoms with Gasteiger partial charge in [0, 0.05) is 6.54 Å². The summed E-state index contributed by atoms with van der Waals surface area (Å²) in [5.41, 5.74) is -0.660. The summed E-state index contributed by atoms with van der Waals surface area (Å²) in [6, 6.07) is 0.394. The van der Waals surface area contributed by atoms with Crippen LogP contribution in [0, 0.1) is 17.5 Å². The third-order valence-electron chi connectivity index (χ3n) is 3.06. The van der Waals surface area contributed by atoms with Gasteiger partial charge in [0.1, 0.15) is 6.04 Å². The smallest absolute Gasteiger partial charge is 0.326 e. The van der Waals surface area contributed by atoms with Gasteiger partial charge in [-0.2, -0.15) is 0 Å². The number of benzene rings is 1. The first kappa shape index (κ1) is 13.4. The number of carbonyl (C=O) groups is 2. The van der Waals surface area contributed by atoms with Crippen LogP contribution in [0.3, 0.4) is 0 Å². The molecule has 2 rings (SSSR count). The van der Waals surface area contributed by atoms with Gasteiger partial charge in [0.15, 0.2) is 17.5 Å². The van der Waals surface area contributed by atoms with Crippen LogP contribution in [0.5, 0.6) is 0 Å². The summed E-state index contributed by atoms with van der Waals surface area (Å²) in [6.07, 6.45) is 0.723. The van der Waals surface area contributed by atoms with Crippen LogP contribution in [0.25, 0.3) is 0 Å². The molecule has 7 heteroatoms. The Morgan fingerprint density at radius 3 is 2.53 bits per heavy atom. The molecule has 4 nitrogen and oxygen atoms in total. The topological polar surface area (TPSA) is 57.6 Å². The minimum Gasteiger partial charge on any atom is -0.480 e. The number of carboxylic acid groups (broad SMARTS) is 1. The van der Waals surface area contributed by atoms with E-state index in [0.717, 1.165) is 11.0 Å². The summed E-state index contributed by atoms with van der Waals surface area (Å²) in [5.74, 6) is -6.88. The second kappa shape index (κ2) is 4.91. The van der Waals surface area contributed by atoms with Gasteiger partial charge in [0.25, 0.3) is 5.91 Å². The van der Waals surface area contributed by atoms with Crippen LogP contribution in [0.1, 0.15) is 23.2 Å². The number of hydrogen-bond acceptors (Lipinski definition) is 2. The van der Waals surface area contributed by atoms with Gasteiger partial charge in [-0.25, -0.2) is 18.0 Å². The number of amides is 1. The number of rotatable bonds is 2. The van der Waals surface area contributed by atoms with Gasteiger partial charge in [-0.05, 0) is 25.0 Å². The molecule has 0 spiro atoms. The van der Waals surface area contributed by atoms with E-state index in [2.05, 4.69) is 0 Å². The van der Waals surface area contributed by atoms with Crippen molar-refractivity contribution in [2.45, 2.75) is 18.9 Å². The summed E-state index contributed by atoms with van der Waals surface area (Å²) < 4.78 is 39.3. The van der Waals surface area contributed by atoms with E-state index in [0.29, 0.717) is 12.5 Å². The minimum absolute atomic E-state index is 0.147. The molecule has 1 heterocycles. The maximum atomic E-state index is 13.5. The molecule has 1 N–H and O–H groups in total. The van der Waals surface area contributed by atoms with Crippen LogP contribution in [0.2, 0.25) is 0 Å². The molecular weight excluding hydrogens is 263 g/mol. The summed E-state index contributed by atoms with van der Waals surface area (Å²) in [4.78, 5) is 23.9. The Kier molecular flexibility index (Phi) is 3.46. The lowest BCUT2D eigenvalue weighted by Crippen LogP contribution is -2.40. The SMILES string of the molecule is O=C(O)[C@@H]1CCCN1C(=O)c1ccc(F)c(F)c1F. The van der Waals surface area contributed by atoms with E-state index in [1.165, 1.54) is 0 Å². The first-order valence-electron chi connectivity index (χ1n) is 5.60. The highest BCUT2D eigenvalue weighted by Crippen LogP contribution is 2.23. The van der Waals surface area contributed by atoms with Gasteiger partial charge in [-0.15, -0.1) is 0 Å². The van der Waals surface area contributed by atoms with Gasteiger partial charge < -0.3 is 10.0 Å². The van der Waals surface area contributed by atoms with Crippen LogP contribution in [-0.2, 0) is 4.79 Å². The molecule has 102 valence electrons. The zero-order valence-corrected chi connectivity index (χ0v) is 9.70. The fraction of sp³-hybridized carbons (Fsp3) is 0.333. The molecule has 1 aliphatic rings. The normalized spacial score (nSPS) is 18.7. The molecular formula is C12H10F3NO3. The molecule has 1 aromatic rings. The Balaban J connectivity index is 2.35. The molecule has 0 aliphatic carbocycles. The van der Waals surface area contributed by atoms with Crippen molar-refractivity contribution in [2.24, 2.45) is 0 Å². The fourth-order valence-electron chi connectivity index (χ4n) is 2.11. The van der Waals surface area contributed by atoms with Crippen LogP contribution in [0.4, 0.5) is 13.2 Å². The maximum absolute atomic E-state index is 13.5. The van der Waals surface area contributed by atoms with Crippen LogP contribution in [0.15, 0.2) is 12.1 Å². The Morgan fingerprint density at radius 2 is 1.89 bits per heavy atom. The zero-order valence-electron chi connectivity index (χ0n) is 9.70. The first-order chi connectivity index (χ1) is 8.93. The van der Waals surface area contributed by atoms with Crippen molar-refractivity contribution in [3.8, 4) is 0 Å². The molecule has 1 aromatic carbocycles. The lowest BCUT2D eigenvalue weighted by Gasteiger charge is -2.21. The molecule has 1 saturated heterocycles. The second-order valence-corrected chi connectivity index (χ2v) is 4.22. The molecule has 19 heavy (non-hydrogen) atoms. The summed E-state index contributed by atoms with van der Waals surface area (Å²) in [7, 11) is 0. The highest BCUT2D eigenvalue weighted by Gasteiger charge is 2.35. The van der Waals surface area contributed by atoms with E-state index in [9.17, 15) is 22.8 Å². The van der Waals surface area contributed by atoms with E-state index in [1.807, 2.05) is 0 Å². The van der Waals surface area contributed by atoms with Crippen molar-refractivity contribution in [2.75, 3.05) is 6.54 Å². The highest BCUT2D eigenvalue weighted by molar-refractivity contribution is 5.97. The van der Waals surface area contributed by atoms with Crippen LogP contribution >= 0.6 is 0 Å². The van der Waals surface area contributed by atoms with Crippen molar-refractivity contribution in [3.05, 3.63) is 35.1 Å². The molecule has 0 bridgehead atoms. The molecule has 0 saturated carbocycles. The number of carboxylic acids is 1. The molecule has 0 aromatic heterocycles. The van der Waals surface area contributed by atoms with Gasteiger partial charge in [-0.1, -0.05) is 0 Å². The number of hydrogen-bond donors (Lipinski definition) is 1.